The van der Waals surface area contributed by atoms with Crippen molar-refractivity contribution in [1.82, 2.24) is 9.88 Å². The van der Waals surface area contributed by atoms with Crippen LogP contribution in [0.4, 0.5) is 0 Å². The van der Waals surface area contributed by atoms with E-state index >= 15 is 0 Å². The fourth-order valence-electron chi connectivity index (χ4n) is 1.17. The molecule has 0 aromatic carbocycles. The minimum atomic E-state index is 0.539. The standard InChI is InChI=1S/C9H13N2.Sn/c1-8(11(2)3)9-5-4-6-10-7-9;/h4-8H,1H2,2-3H3;. The zero-order valence-corrected chi connectivity index (χ0v) is 10.3. The van der Waals surface area contributed by atoms with Crippen LogP contribution in [0.3, 0.4) is 0 Å². The van der Waals surface area contributed by atoms with Crippen molar-refractivity contribution in [1.29, 1.82) is 0 Å². The first-order valence-corrected chi connectivity index (χ1v) is 5.98. The quantitative estimate of drug-likeness (QED) is 0.767. The molecule has 0 aliphatic carbocycles. The van der Waals surface area contributed by atoms with E-state index in [2.05, 4.69) is 30.0 Å². The Morgan fingerprint density at radius 2 is 2.33 bits per heavy atom. The first kappa shape index (κ1) is 9.99. The predicted octanol–water partition coefficient (Wildman–Crippen LogP) is 1.27. The van der Waals surface area contributed by atoms with Gasteiger partial charge in [-0.15, -0.1) is 0 Å². The third-order valence-electron chi connectivity index (χ3n) is 1.89. The van der Waals surface area contributed by atoms with Gasteiger partial charge in [-0.1, -0.05) is 0 Å². The molecule has 0 fully saturated rings. The fraction of sp³-hybridized carbons (Fsp3) is 0.444. The van der Waals surface area contributed by atoms with Crippen LogP contribution < -0.4 is 0 Å². The molecule has 12 heavy (non-hydrogen) atoms. The number of pyridine rings is 1. The average molecular weight is 268 g/mol. The molecule has 1 atom stereocenters. The molecule has 3 radical (unpaired) electrons. The Hall–Kier alpha value is -0.0913. The Morgan fingerprint density at radius 3 is 2.75 bits per heavy atom. The van der Waals surface area contributed by atoms with Crippen molar-refractivity contribution in [3.63, 3.8) is 0 Å². The van der Waals surface area contributed by atoms with Gasteiger partial charge in [-0.05, 0) is 0 Å². The first-order valence-electron chi connectivity index (χ1n) is 3.96. The van der Waals surface area contributed by atoms with Gasteiger partial charge in [-0.3, -0.25) is 0 Å². The van der Waals surface area contributed by atoms with Crippen molar-refractivity contribution >= 4 is 22.5 Å². The molecule has 63 valence electrons. The molecule has 2 nitrogen and oxygen atoms in total. The van der Waals surface area contributed by atoms with E-state index < -0.39 is 0 Å². The molecule has 0 amide bonds. The summed E-state index contributed by atoms with van der Waals surface area (Å²) in [7, 11) is 4.23. The Balaban J connectivity index is 2.80. The molecule has 0 bridgehead atoms. The van der Waals surface area contributed by atoms with Crippen LogP contribution >= 0.6 is 0 Å². The average Bonchev–Trinajstić information content (AvgIpc) is 2.07. The summed E-state index contributed by atoms with van der Waals surface area (Å²) >= 11 is 1.57. The maximum atomic E-state index is 4.12. The van der Waals surface area contributed by atoms with Gasteiger partial charge < -0.3 is 0 Å². The predicted molar refractivity (Wildman–Crippen MR) is 51.2 cm³/mol. The topological polar surface area (TPSA) is 16.1 Å². The van der Waals surface area contributed by atoms with Crippen molar-refractivity contribution < 1.29 is 0 Å². The molecule has 1 heterocycles. The van der Waals surface area contributed by atoms with E-state index in [1.165, 1.54) is 10.0 Å². The van der Waals surface area contributed by atoms with Gasteiger partial charge in [0.25, 0.3) is 0 Å². The molecule has 0 spiro atoms. The molecule has 1 unspecified atom stereocenters. The zero-order valence-electron chi connectivity index (χ0n) is 7.49. The van der Waals surface area contributed by atoms with Gasteiger partial charge in [0.1, 0.15) is 0 Å². The van der Waals surface area contributed by atoms with Crippen molar-refractivity contribution in [3.8, 4) is 0 Å². The molecule has 3 heteroatoms. The van der Waals surface area contributed by atoms with Crippen LogP contribution in [0.15, 0.2) is 24.5 Å². The van der Waals surface area contributed by atoms with Gasteiger partial charge in [-0.25, -0.2) is 0 Å². The summed E-state index contributed by atoms with van der Waals surface area (Å²) in [6, 6.07) is 4.68. The van der Waals surface area contributed by atoms with Crippen LogP contribution in [0.2, 0.25) is 4.44 Å². The normalized spacial score (nSPS) is 13.3. The van der Waals surface area contributed by atoms with Crippen LogP contribution in [-0.2, 0) is 0 Å². The fourth-order valence-corrected chi connectivity index (χ4v) is 2.89. The summed E-state index contributed by atoms with van der Waals surface area (Å²) in [6.45, 7) is 0. The van der Waals surface area contributed by atoms with E-state index in [9.17, 15) is 0 Å². The minimum absolute atomic E-state index is 0.539. The summed E-state index contributed by atoms with van der Waals surface area (Å²) in [4.78, 5) is 6.36. The number of hydrogen-bond donors (Lipinski definition) is 0. The second kappa shape index (κ2) is 4.82. The second-order valence-electron chi connectivity index (χ2n) is 2.97. The molecule has 1 aromatic heterocycles. The third kappa shape index (κ3) is 2.45. The van der Waals surface area contributed by atoms with Gasteiger partial charge in [0.05, 0.1) is 0 Å². The molecular formula is C9H13N2Sn. The molecule has 0 saturated carbocycles. The van der Waals surface area contributed by atoms with E-state index in [0.29, 0.717) is 6.04 Å². The van der Waals surface area contributed by atoms with Crippen LogP contribution in [-0.4, -0.2) is 46.5 Å². The van der Waals surface area contributed by atoms with Crippen molar-refractivity contribution in [2.24, 2.45) is 0 Å². The zero-order chi connectivity index (χ0) is 8.97. The van der Waals surface area contributed by atoms with Gasteiger partial charge >= 0.3 is 87.1 Å². The Morgan fingerprint density at radius 1 is 1.58 bits per heavy atom. The molecule has 0 aliphatic heterocycles. The van der Waals surface area contributed by atoms with Gasteiger partial charge in [0.2, 0.25) is 0 Å². The van der Waals surface area contributed by atoms with Crippen molar-refractivity contribution in [2.45, 2.75) is 10.5 Å². The SMILES string of the molecule is CN(C)C([CH2][Sn])c1cccnc1. The van der Waals surface area contributed by atoms with Gasteiger partial charge in [0, 0.05) is 0 Å². The van der Waals surface area contributed by atoms with Crippen LogP contribution in [0.25, 0.3) is 0 Å². The maximum absolute atomic E-state index is 4.12. The third-order valence-corrected chi connectivity index (χ3v) is 2.99. The summed E-state index contributed by atoms with van der Waals surface area (Å²) < 4.78 is 1.21. The molecule has 1 aromatic rings. The summed E-state index contributed by atoms with van der Waals surface area (Å²) in [6.07, 6.45) is 3.77. The summed E-state index contributed by atoms with van der Waals surface area (Å²) in [5.74, 6) is 0. The summed E-state index contributed by atoms with van der Waals surface area (Å²) in [5.41, 5.74) is 1.32. The van der Waals surface area contributed by atoms with Crippen molar-refractivity contribution in [3.05, 3.63) is 30.1 Å². The number of hydrogen-bond acceptors (Lipinski definition) is 2. The van der Waals surface area contributed by atoms with Crippen molar-refractivity contribution in [2.75, 3.05) is 14.1 Å². The van der Waals surface area contributed by atoms with E-state index in [1.54, 1.807) is 22.5 Å². The summed E-state index contributed by atoms with van der Waals surface area (Å²) in [5, 5.41) is 0. The van der Waals surface area contributed by atoms with Crippen LogP contribution in [0, 0.1) is 0 Å². The van der Waals surface area contributed by atoms with E-state index in [-0.39, 0.29) is 0 Å². The second-order valence-corrected chi connectivity index (χ2v) is 4.14. The number of nitrogens with zero attached hydrogens (tertiary/aromatic N) is 2. The molecule has 0 N–H and O–H groups in total. The molecule has 0 aliphatic rings. The number of rotatable bonds is 3. The molecule has 0 saturated heterocycles. The van der Waals surface area contributed by atoms with E-state index in [4.69, 9.17) is 0 Å². The monoisotopic (exact) mass is 269 g/mol. The van der Waals surface area contributed by atoms with E-state index in [1.807, 2.05) is 18.5 Å². The van der Waals surface area contributed by atoms with Crippen LogP contribution in [0.1, 0.15) is 11.6 Å². The molecular weight excluding hydrogens is 255 g/mol. The van der Waals surface area contributed by atoms with E-state index in [0.717, 1.165) is 0 Å². The van der Waals surface area contributed by atoms with Crippen LogP contribution in [0.5, 0.6) is 0 Å². The Bertz CT molecular complexity index is 223. The van der Waals surface area contributed by atoms with Gasteiger partial charge in [-0.2, -0.15) is 0 Å². The first-order chi connectivity index (χ1) is 5.75. The number of aromatic nitrogens is 1. The van der Waals surface area contributed by atoms with Gasteiger partial charge in [0.15, 0.2) is 0 Å². The Kier molecular flexibility index (Phi) is 4.01. The Labute approximate surface area is 87.1 Å². The molecule has 1 rings (SSSR count).